The standard InChI is InChI=1S/C23H37N5O3/c1-2-8-24-22(30)23-7-5-20(27-10-12-31-13-11-27)14-19(23)6-9-28(17-23)21(29)4-3-18-15-25-26-16-18/h15-16,19-20H,2-14,17H2,1H3,(H,24,30)(H,25,26)/t19-,20+,23-/m1/s1. The molecule has 3 aliphatic rings. The van der Waals surface area contributed by atoms with Crippen LogP contribution in [0.5, 0.6) is 0 Å². The number of aromatic amines is 1. The third-order valence-corrected chi connectivity index (χ3v) is 7.57. The van der Waals surface area contributed by atoms with Crippen molar-refractivity contribution in [2.75, 3.05) is 45.9 Å². The Morgan fingerprint density at radius 3 is 2.87 bits per heavy atom. The van der Waals surface area contributed by atoms with E-state index < -0.39 is 5.41 Å². The molecule has 1 saturated carbocycles. The van der Waals surface area contributed by atoms with Gasteiger partial charge in [0.25, 0.3) is 0 Å². The average molecular weight is 432 g/mol. The highest BCUT2D eigenvalue weighted by molar-refractivity contribution is 5.85. The van der Waals surface area contributed by atoms with Crippen molar-refractivity contribution in [1.29, 1.82) is 0 Å². The van der Waals surface area contributed by atoms with Gasteiger partial charge in [0.05, 0.1) is 24.8 Å². The van der Waals surface area contributed by atoms with Crippen LogP contribution in [0.15, 0.2) is 12.4 Å². The highest BCUT2D eigenvalue weighted by Gasteiger charge is 2.53. The molecular weight excluding hydrogens is 394 g/mol. The number of amides is 2. The van der Waals surface area contributed by atoms with Gasteiger partial charge in [-0.25, -0.2) is 0 Å². The fourth-order valence-corrected chi connectivity index (χ4v) is 5.73. The first-order chi connectivity index (χ1) is 15.1. The number of piperidine rings is 1. The molecule has 1 aliphatic carbocycles. The van der Waals surface area contributed by atoms with Gasteiger partial charge in [0.2, 0.25) is 11.8 Å². The Balaban J connectivity index is 1.44. The van der Waals surface area contributed by atoms with Crippen molar-refractivity contribution in [3.05, 3.63) is 18.0 Å². The lowest BCUT2D eigenvalue weighted by Gasteiger charge is -2.53. The molecule has 1 aromatic rings. The molecule has 2 amide bonds. The molecule has 2 N–H and O–H groups in total. The molecule has 0 spiro atoms. The molecular formula is C23H37N5O3. The molecule has 31 heavy (non-hydrogen) atoms. The largest absolute Gasteiger partial charge is 0.379 e. The van der Waals surface area contributed by atoms with Gasteiger partial charge in [-0.3, -0.25) is 19.6 Å². The van der Waals surface area contributed by atoms with Crippen LogP contribution in [0.25, 0.3) is 0 Å². The van der Waals surface area contributed by atoms with Crippen LogP contribution in [0.4, 0.5) is 0 Å². The summed E-state index contributed by atoms with van der Waals surface area (Å²) < 4.78 is 5.53. The van der Waals surface area contributed by atoms with Crippen LogP contribution in [0, 0.1) is 11.3 Å². The average Bonchev–Trinajstić information content (AvgIpc) is 3.34. The van der Waals surface area contributed by atoms with E-state index in [1.807, 2.05) is 11.1 Å². The van der Waals surface area contributed by atoms with Crippen molar-refractivity contribution in [2.24, 2.45) is 11.3 Å². The van der Waals surface area contributed by atoms with Gasteiger partial charge >= 0.3 is 0 Å². The van der Waals surface area contributed by atoms with Gasteiger partial charge in [-0.05, 0) is 50.0 Å². The first kappa shape index (κ1) is 22.3. The minimum atomic E-state index is -0.443. The Kier molecular flexibility index (Phi) is 7.27. The number of ether oxygens (including phenoxy) is 1. The number of fused-ring (bicyclic) bond motifs is 1. The van der Waals surface area contributed by atoms with E-state index in [0.29, 0.717) is 37.9 Å². The predicted molar refractivity (Wildman–Crippen MR) is 117 cm³/mol. The molecule has 0 radical (unpaired) electrons. The van der Waals surface area contributed by atoms with E-state index in [1.54, 1.807) is 6.20 Å². The van der Waals surface area contributed by atoms with E-state index in [9.17, 15) is 9.59 Å². The summed E-state index contributed by atoms with van der Waals surface area (Å²) >= 11 is 0. The first-order valence-electron chi connectivity index (χ1n) is 12.0. The van der Waals surface area contributed by atoms with Gasteiger partial charge in [0.1, 0.15) is 0 Å². The maximum absolute atomic E-state index is 13.4. The van der Waals surface area contributed by atoms with Crippen LogP contribution in [0.1, 0.15) is 51.0 Å². The van der Waals surface area contributed by atoms with Gasteiger partial charge in [-0.1, -0.05) is 6.92 Å². The predicted octanol–water partition coefficient (Wildman–Crippen LogP) is 1.59. The topological polar surface area (TPSA) is 90.6 Å². The molecule has 172 valence electrons. The number of carbonyl (C=O) groups excluding carboxylic acids is 2. The molecule has 8 heteroatoms. The first-order valence-corrected chi connectivity index (χ1v) is 12.0. The zero-order valence-corrected chi connectivity index (χ0v) is 18.8. The van der Waals surface area contributed by atoms with Gasteiger partial charge in [0.15, 0.2) is 0 Å². The van der Waals surface area contributed by atoms with Crippen LogP contribution in [-0.2, 0) is 20.7 Å². The number of nitrogens with one attached hydrogen (secondary N) is 2. The van der Waals surface area contributed by atoms with Gasteiger partial charge in [-0.2, -0.15) is 5.10 Å². The molecule has 0 unspecified atom stereocenters. The second-order valence-electron chi connectivity index (χ2n) is 9.40. The SMILES string of the molecule is CCCNC(=O)[C@@]12CC[C@H](N3CCOCC3)C[C@H]1CCN(C(=O)CCc1cn[nH]c1)C2. The van der Waals surface area contributed by atoms with Crippen molar-refractivity contribution < 1.29 is 14.3 Å². The number of morpholine rings is 1. The van der Waals surface area contributed by atoms with Gasteiger partial charge in [-0.15, -0.1) is 0 Å². The zero-order chi connectivity index (χ0) is 21.7. The van der Waals surface area contributed by atoms with E-state index in [4.69, 9.17) is 4.74 Å². The minimum absolute atomic E-state index is 0.151. The molecule has 0 bridgehead atoms. The highest BCUT2D eigenvalue weighted by Crippen LogP contribution is 2.48. The Bertz CT molecular complexity index is 734. The molecule has 8 nitrogen and oxygen atoms in total. The van der Waals surface area contributed by atoms with Crippen LogP contribution in [-0.4, -0.2) is 83.8 Å². The van der Waals surface area contributed by atoms with Crippen LogP contribution >= 0.6 is 0 Å². The Hall–Kier alpha value is -1.93. The van der Waals surface area contributed by atoms with Crippen LogP contribution in [0.3, 0.4) is 0 Å². The van der Waals surface area contributed by atoms with Gasteiger partial charge in [0, 0.05) is 51.4 Å². The number of hydrogen-bond donors (Lipinski definition) is 2. The summed E-state index contributed by atoms with van der Waals surface area (Å²) in [7, 11) is 0. The number of hydrogen-bond acceptors (Lipinski definition) is 5. The maximum Gasteiger partial charge on any atom is 0.228 e. The summed E-state index contributed by atoms with van der Waals surface area (Å²) in [5.74, 6) is 0.647. The van der Waals surface area contributed by atoms with Crippen LogP contribution in [0.2, 0.25) is 0 Å². The zero-order valence-electron chi connectivity index (χ0n) is 18.8. The number of H-pyrrole nitrogens is 1. The van der Waals surface area contributed by atoms with E-state index in [2.05, 4.69) is 27.3 Å². The number of carbonyl (C=O) groups is 2. The lowest BCUT2D eigenvalue weighted by atomic mass is 9.60. The highest BCUT2D eigenvalue weighted by atomic mass is 16.5. The molecule has 2 aliphatic heterocycles. The Morgan fingerprint density at radius 2 is 2.13 bits per heavy atom. The molecule has 3 fully saturated rings. The van der Waals surface area contributed by atoms with Crippen molar-refractivity contribution in [1.82, 2.24) is 25.3 Å². The molecule has 3 heterocycles. The second kappa shape index (κ2) is 10.1. The van der Waals surface area contributed by atoms with Gasteiger partial charge < -0.3 is 15.0 Å². The minimum Gasteiger partial charge on any atom is -0.379 e. The maximum atomic E-state index is 13.4. The number of nitrogens with zero attached hydrogens (tertiary/aromatic N) is 3. The number of likely N-dealkylation sites (tertiary alicyclic amines) is 1. The fraction of sp³-hybridized carbons (Fsp3) is 0.783. The molecule has 2 saturated heterocycles. The molecule has 0 aromatic carbocycles. The van der Waals surface area contributed by atoms with E-state index in [1.165, 1.54) is 0 Å². The summed E-state index contributed by atoms with van der Waals surface area (Å²) in [6.45, 7) is 7.70. The lowest BCUT2D eigenvalue weighted by molar-refractivity contribution is -0.151. The smallest absolute Gasteiger partial charge is 0.228 e. The third-order valence-electron chi connectivity index (χ3n) is 7.57. The molecule has 4 rings (SSSR count). The Labute approximate surface area is 185 Å². The quantitative estimate of drug-likeness (QED) is 0.684. The van der Waals surface area contributed by atoms with Crippen LogP contribution < -0.4 is 5.32 Å². The lowest BCUT2D eigenvalue weighted by Crippen LogP contribution is -2.61. The molecule has 1 aromatic heterocycles. The monoisotopic (exact) mass is 431 g/mol. The second-order valence-corrected chi connectivity index (χ2v) is 9.40. The van der Waals surface area contributed by atoms with Crippen molar-refractivity contribution in [3.8, 4) is 0 Å². The van der Waals surface area contributed by atoms with Crippen molar-refractivity contribution in [3.63, 3.8) is 0 Å². The van der Waals surface area contributed by atoms with Crippen molar-refractivity contribution in [2.45, 2.75) is 57.9 Å². The summed E-state index contributed by atoms with van der Waals surface area (Å²) in [5, 5.41) is 9.94. The van der Waals surface area contributed by atoms with Crippen molar-refractivity contribution >= 4 is 11.8 Å². The normalized spacial score (nSPS) is 29.4. The summed E-state index contributed by atoms with van der Waals surface area (Å²) in [6, 6.07) is 0.532. The number of aryl methyl sites for hydroxylation is 1. The summed E-state index contributed by atoms with van der Waals surface area (Å²) in [6.07, 6.45) is 9.54. The molecule has 3 atom stereocenters. The Morgan fingerprint density at radius 1 is 1.29 bits per heavy atom. The third kappa shape index (κ3) is 4.95. The number of aromatic nitrogens is 2. The van der Waals surface area contributed by atoms with E-state index >= 15 is 0 Å². The number of rotatable bonds is 7. The van der Waals surface area contributed by atoms with E-state index in [-0.39, 0.29) is 11.8 Å². The fourth-order valence-electron chi connectivity index (χ4n) is 5.73. The summed E-state index contributed by atoms with van der Waals surface area (Å²) in [4.78, 5) is 30.9. The summed E-state index contributed by atoms with van der Waals surface area (Å²) in [5.41, 5.74) is 0.603. The van der Waals surface area contributed by atoms with E-state index in [0.717, 1.165) is 70.5 Å².